The van der Waals surface area contributed by atoms with Crippen LogP contribution in [-0.4, -0.2) is 94.5 Å². The monoisotopic (exact) mass is 1020 g/mol. The number of carbonyl (C=O) groups is 6. The predicted molar refractivity (Wildman–Crippen MR) is 286 cm³/mol. The minimum atomic E-state index is -1.05. The summed E-state index contributed by atoms with van der Waals surface area (Å²) in [7, 11) is 0. The van der Waals surface area contributed by atoms with Crippen molar-refractivity contribution in [3.63, 3.8) is 0 Å². The Morgan fingerprint density at radius 3 is 0.946 bits per heavy atom. The molecule has 4 aromatic carbocycles. The van der Waals surface area contributed by atoms with Crippen molar-refractivity contribution < 1.29 is 48.5 Å². The number of phenols is 2. The summed E-state index contributed by atoms with van der Waals surface area (Å²) in [5.74, 6) is -1.56. The molecule has 0 aromatic heterocycles. The van der Waals surface area contributed by atoms with Crippen LogP contribution in [0.15, 0.2) is 109 Å². The largest absolute Gasteiger partial charge is 0.508 e. The molecule has 8 N–H and O–H groups in total. The van der Waals surface area contributed by atoms with E-state index in [4.69, 9.17) is 9.47 Å². The summed E-state index contributed by atoms with van der Waals surface area (Å²) in [5.41, 5.74) is 1.55. The Labute approximate surface area is 437 Å². The maximum atomic E-state index is 13.8. The first-order valence-corrected chi connectivity index (χ1v) is 26.0. The molecule has 4 atom stereocenters. The van der Waals surface area contributed by atoms with Gasteiger partial charge in [-0.2, -0.15) is 0 Å². The molecule has 0 saturated carbocycles. The minimum absolute atomic E-state index is 0.0739. The number of ether oxygens (including phenoxy) is 2. The molecule has 0 radical (unpaired) electrons. The maximum Gasteiger partial charge on any atom is 0.408 e. The van der Waals surface area contributed by atoms with Crippen molar-refractivity contribution in [3.05, 3.63) is 131 Å². The maximum absolute atomic E-state index is 13.8. The molecule has 16 heteroatoms. The van der Waals surface area contributed by atoms with Crippen molar-refractivity contribution in [1.82, 2.24) is 31.9 Å². The van der Waals surface area contributed by atoms with E-state index in [1.807, 2.05) is 60.7 Å². The zero-order chi connectivity index (χ0) is 53.9. The van der Waals surface area contributed by atoms with E-state index >= 15 is 0 Å². The summed E-state index contributed by atoms with van der Waals surface area (Å²) in [6.07, 6.45) is 9.02. The van der Waals surface area contributed by atoms with Crippen LogP contribution in [0.3, 0.4) is 0 Å². The highest BCUT2D eigenvalue weighted by Gasteiger charge is 2.31. The Morgan fingerprint density at radius 1 is 0.378 bits per heavy atom. The molecular formula is C58H80N6O10. The molecule has 0 aliphatic heterocycles. The van der Waals surface area contributed by atoms with Crippen LogP contribution in [0.5, 0.6) is 11.5 Å². The molecular weight excluding hydrogens is 941 g/mol. The predicted octanol–water partition coefficient (Wildman–Crippen LogP) is 8.26. The number of aromatic hydroxyl groups is 2. The topological polar surface area (TPSA) is 234 Å². The molecule has 4 aromatic rings. The number of nitrogens with one attached hydrogen (secondary N) is 6. The summed E-state index contributed by atoms with van der Waals surface area (Å²) >= 11 is 0. The van der Waals surface area contributed by atoms with E-state index in [2.05, 4.69) is 31.9 Å². The highest BCUT2D eigenvalue weighted by atomic mass is 16.6. The van der Waals surface area contributed by atoms with Gasteiger partial charge in [0.15, 0.2) is 0 Å². The van der Waals surface area contributed by atoms with E-state index in [0.717, 1.165) is 75.3 Å². The zero-order valence-corrected chi connectivity index (χ0v) is 44.2. The average Bonchev–Trinajstić information content (AvgIpc) is 3.33. The third-order valence-electron chi connectivity index (χ3n) is 11.8. The van der Waals surface area contributed by atoms with Crippen LogP contribution in [0.25, 0.3) is 0 Å². The fourth-order valence-corrected chi connectivity index (χ4v) is 8.05. The van der Waals surface area contributed by atoms with Crippen molar-refractivity contribution >= 4 is 35.8 Å². The molecule has 0 spiro atoms. The van der Waals surface area contributed by atoms with Crippen LogP contribution < -0.4 is 31.9 Å². The molecule has 0 unspecified atom stereocenters. The summed E-state index contributed by atoms with van der Waals surface area (Å²) in [6.45, 7) is 11.3. The van der Waals surface area contributed by atoms with E-state index < -0.39 is 59.4 Å². The Morgan fingerprint density at radius 2 is 0.649 bits per heavy atom. The van der Waals surface area contributed by atoms with Crippen molar-refractivity contribution in [2.45, 2.75) is 167 Å². The molecule has 74 heavy (non-hydrogen) atoms. The van der Waals surface area contributed by atoms with Crippen molar-refractivity contribution in [3.8, 4) is 11.5 Å². The van der Waals surface area contributed by atoms with Crippen LogP contribution in [-0.2, 0) is 54.3 Å². The van der Waals surface area contributed by atoms with Gasteiger partial charge in [0.2, 0.25) is 23.6 Å². The second-order valence-corrected chi connectivity index (χ2v) is 20.8. The Hall–Kier alpha value is -7.10. The number of hydrogen-bond donors (Lipinski definition) is 8. The van der Waals surface area contributed by atoms with E-state index in [0.29, 0.717) is 24.2 Å². The second kappa shape index (κ2) is 30.8. The van der Waals surface area contributed by atoms with E-state index in [1.54, 1.807) is 65.8 Å². The summed E-state index contributed by atoms with van der Waals surface area (Å²) in [4.78, 5) is 80.4. The standard InChI is InChI=1S/C58H80N6O10/c1-57(2,3)73-55(71)63-49(39-43-27-31-45(65)32-28-43)53(69)61-47(37-41-23-17-15-18-24-41)51(67)59-35-21-13-11-9-7-8-10-12-14-22-36-60-52(68)48(38-42-25-19-16-20-26-42)62-54(70)50(64-56(72)74-58(4,5)6)40-44-29-33-46(66)34-30-44/h15-20,23-34,47-50,65-66H,7-14,21-22,35-40H2,1-6H3,(H,59,67)(H,60,68)(H,61,69)(H,62,70)(H,63,71)(H,64,72)/t47-,48-,49+,50+/m1/s1. The lowest BCUT2D eigenvalue weighted by Gasteiger charge is -2.25. The first-order chi connectivity index (χ1) is 35.2. The molecule has 6 amide bonds. The van der Waals surface area contributed by atoms with Gasteiger partial charge in [-0.05, 0) is 101 Å². The fraction of sp³-hybridized carbons (Fsp3) is 0.483. The molecule has 0 bridgehead atoms. The zero-order valence-electron chi connectivity index (χ0n) is 44.2. The number of rotatable bonds is 29. The van der Waals surface area contributed by atoms with Gasteiger partial charge in [-0.15, -0.1) is 0 Å². The number of amides is 6. The van der Waals surface area contributed by atoms with Crippen molar-refractivity contribution in [1.29, 1.82) is 0 Å². The molecule has 4 rings (SSSR count). The molecule has 402 valence electrons. The second-order valence-electron chi connectivity index (χ2n) is 20.8. The number of hydrogen-bond acceptors (Lipinski definition) is 10. The summed E-state index contributed by atoms with van der Waals surface area (Å²) in [6, 6.07) is 27.6. The van der Waals surface area contributed by atoms with E-state index in [9.17, 15) is 39.0 Å². The SMILES string of the molecule is CC(C)(C)OC(=O)N[C@@H](Cc1ccc(O)cc1)C(=O)N[C@H](Cc1ccccc1)C(=O)NCCCCCCCCCCCCNC(=O)[C@@H](Cc1ccccc1)NC(=O)[C@H](Cc1ccc(O)cc1)NC(=O)OC(C)(C)C. The van der Waals surface area contributed by atoms with Gasteiger partial charge in [-0.25, -0.2) is 9.59 Å². The molecule has 0 fully saturated rings. The van der Waals surface area contributed by atoms with Crippen LogP contribution in [0.1, 0.15) is 128 Å². The van der Waals surface area contributed by atoms with E-state index in [1.165, 1.54) is 24.3 Å². The Kier molecular flexibility index (Phi) is 24.8. The van der Waals surface area contributed by atoms with Crippen molar-refractivity contribution in [2.24, 2.45) is 0 Å². The Bertz CT molecular complexity index is 2170. The van der Waals surface area contributed by atoms with E-state index in [-0.39, 0.29) is 49.0 Å². The normalized spacial score (nSPS) is 13.0. The quantitative estimate of drug-likeness (QED) is 0.0243. The first-order valence-electron chi connectivity index (χ1n) is 26.0. The van der Waals surface area contributed by atoms with Crippen molar-refractivity contribution in [2.75, 3.05) is 13.1 Å². The van der Waals surface area contributed by atoms with Crippen LogP contribution in [0.4, 0.5) is 9.59 Å². The molecule has 0 heterocycles. The van der Waals surface area contributed by atoms with Gasteiger partial charge in [0, 0.05) is 38.8 Å². The number of unbranched alkanes of at least 4 members (excludes halogenated alkanes) is 9. The molecule has 16 nitrogen and oxygen atoms in total. The first kappa shape index (κ1) is 59.5. The number of phenolic OH excluding ortho intramolecular Hbond substituents is 2. The lowest BCUT2D eigenvalue weighted by molar-refractivity contribution is -0.130. The average molecular weight is 1020 g/mol. The minimum Gasteiger partial charge on any atom is -0.508 e. The van der Waals surface area contributed by atoms with Gasteiger partial charge in [-0.1, -0.05) is 136 Å². The van der Waals surface area contributed by atoms with Gasteiger partial charge in [0.05, 0.1) is 0 Å². The van der Waals surface area contributed by atoms with Crippen LogP contribution in [0, 0.1) is 0 Å². The highest BCUT2D eigenvalue weighted by Crippen LogP contribution is 2.17. The highest BCUT2D eigenvalue weighted by molar-refractivity contribution is 5.92. The lowest BCUT2D eigenvalue weighted by atomic mass is 10.0. The number of benzene rings is 4. The van der Waals surface area contributed by atoms with Crippen LogP contribution >= 0.6 is 0 Å². The third-order valence-corrected chi connectivity index (χ3v) is 11.8. The molecule has 0 saturated heterocycles. The summed E-state index contributed by atoms with van der Waals surface area (Å²) in [5, 5.41) is 36.7. The number of carbonyl (C=O) groups excluding carboxylic acids is 6. The lowest BCUT2D eigenvalue weighted by Crippen LogP contribution is -2.55. The third kappa shape index (κ3) is 24.5. The van der Waals surface area contributed by atoms with Crippen LogP contribution in [0.2, 0.25) is 0 Å². The Balaban J connectivity index is 1.17. The number of alkyl carbamates (subject to hydrolysis) is 2. The van der Waals surface area contributed by atoms with Gasteiger partial charge in [0.25, 0.3) is 0 Å². The summed E-state index contributed by atoms with van der Waals surface area (Å²) < 4.78 is 10.9. The smallest absolute Gasteiger partial charge is 0.408 e. The van der Waals surface area contributed by atoms with Gasteiger partial charge >= 0.3 is 12.2 Å². The van der Waals surface area contributed by atoms with Gasteiger partial charge in [-0.3, -0.25) is 19.2 Å². The molecule has 0 aliphatic rings. The van der Waals surface area contributed by atoms with Gasteiger partial charge < -0.3 is 51.6 Å². The molecule has 0 aliphatic carbocycles. The van der Waals surface area contributed by atoms with Gasteiger partial charge in [0.1, 0.15) is 46.9 Å². The fourth-order valence-electron chi connectivity index (χ4n) is 8.05.